The van der Waals surface area contributed by atoms with Gasteiger partial charge in [0.2, 0.25) is 0 Å². The highest BCUT2D eigenvalue weighted by Gasteiger charge is 2.24. The molecule has 7 heteroatoms. The minimum Gasteiger partial charge on any atom is -0.336 e. The van der Waals surface area contributed by atoms with E-state index in [9.17, 15) is 0 Å². The minimum absolute atomic E-state index is 0.332. The van der Waals surface area contributed by atoms with Gasteiger partial charge in [0.05, 0.1) is 18.1 Å². The second kappa shape index (κ2) is 5.08. The molecule has 1 aliphatic carbocycles. The second-order valence-corrected chi connectivity index (χ2v) is 6.12. The van der Waals surface area contributed by atoms with Crippen LogP contribution in [0.25, 0.3) is 11.0 Å². The zero-order chi connectivity index (χ0) is 15.1. The van der Waals surface area contributed by atoms with Gasteiger partial charge in [-0.05, 0) is 26.7 Å². The molecule has 3 aromatic rings. The van der Waals surface area contributed by atoms with Crippen LogP contribution in [0.2, 0.25) is 0 Å². The van der Waals surface area contributed by atoms with E-state index in [1.807, 2.05) is 17.1 Å². The zero-order valence-corrected chi connectivity index (χ0v) is 12.7. The van der Waals surface area contributed by atoms with Gasteiger partial charge in [-0.2, -0.15) is 10.2 Å². The fraction of sp³-hybridized carbons (Fsp3) is 0.467. The second-order valence-electron chi connectivity index (χ2n) is 6.12. The number of nitrogens with one attached hydrogen (secondary N) is 2. The van der Waals surface area contributed by atoms with Gasteiger partial charge in [0.15, 0.2) is 5.82 Å². The van der Waals surface area contributed by atoms with Crippen LogP contribution in [-0.2, 0) is 0 Å². The SMILES string of the molecule is CC(C)n1cc(Nc2nc(C3CCC3)nc3cn[nH]c23)cn1. The lowest BCUT2D eigenvalue weighted by Crippen LogP contribution is -2.13. The molecule has 22 heavy (non-hydrogen) atoms. The molecule has 2 N–H and O–H groups in total. The maximum atomic E-state index is 4.71. The Morgan fingerprint density at radius 1 is 1.27 bits per heavy atom. The largest absolute Gasteiger partial charge is 0.336 e. The van der Waals surface area contributed by atoms with Gasteiger partial charge in [-0.1, -0.05) is 6.42 Å². The highest BCUT2D eigenvalue weighted by Crippen LogP contribution is 2.36. The molecule has 0 aliphatic heterocycles. The molecule has 1 aliphatic rings. The zero-order valence-electron chi connectivity index (χ0n) is 12.7. The number of anilines is 2. The summed E-state index contributed by atoms with van der Waals surface area (Å²) < 4.78 is 1.92. The van der Waals surface area contributed by atoms with E-state index in [-0.39, 0.29) is 0 Å². The average Bonchev–Trinajstić information content (AvgIpc) is 3.05. The Morgan fingerprint density at radius 2 is 2.14 bits per heavy atom. The van der Waals surface area contributed by atoms with Crippen LogP contribution in [0.15, 0.2) is 18.6 Å². The quantitative estimate of drug-likeness (QED) is 0.772. The summed E-state index contributed by atoms with van der Waals surface area (Å²) >= 11 is 0. The highest BCUT2D eigenvalue weighted by molar-refractivity contribution is 5.86. The fourth-order valence-electron chi connectivity index (χ4n) is 2.62. The number of H-pyrrole nitrogens is 1. The van der Waals surface area contributed by atoms with Crippen molar-refractivity contribution >= 4 is 22.5 Å². The molecule has 3 aromatic heterocycles. The van der Waals surface area contributed by atoms with Crippen molar-refractivity contribution in [1.29, 1.82) is 0 Å². The number of aromatic nitrogens is 6. The highest BCUT2D eigenvalue weighted by atomic mass is 15.3. The molecule has 1 saturated carbocycles. The van der Waals surface area contributed by atoms with Crippen molar-refractivity contribution in [3.05, 3.63) is 24.4 Å². The van der Waals surface area contributed by atoms with E-state index in [1.165, 1.54) is 19.3 Å². The summed E-state index contributed by atoms with van der Waals surface area (Å²) in [5.74, 6) is 2.17. The van der Waals surface area contributed by atoms with Crippen LogP contribution in [0.4, 0.5) is 11.5 Å². The number of nitrogens with zero attached hydrogens (tertiary/aromatic N) is 5. The molecular formula is C15H19N7. The first-order chi connectivity index (χ1) is 10.7. The van der Waals surface area contributed by atoms with Crippen molar-refractivity contribution in [3.63, 3.8) is 0 Å². The average molecular weight is 297 g/mol. The first-order valence-electron chi connectivity index (χ1n) is 7.73. The maximum Gasteiger partial charge on any atom is 0.160 e. The lowest BCUT2D eigenvalue weighted by molar-refractivity contribution is 0.403. The summed E-state index contributed by atoms with van der Waals surface area (Å²) in [6.45, 7) is 4.20. The summed E-state index contributed by atoms with van der Waals surface area (Å²) in [6.07, 6.45) is 9.16. The van der Waals surface area contributed by atoms with E-state index >= 15 is 0 Å². The molecule has 3 heterocycles. The topological polar surface area (TPSA) is 84.3 Å². The summed E-state index contributed by atoms with van der Waals surface area (Å²) in [4.78, 5) is 9.34. The van der Waals surface area contributed by atoms with E-state index < -0.39 is 0 Å². The van der Waals surface area contributed by atoms with Crippen LogP contribution in [-0.4, -0.2) is 29.9 Å². The summed E-state index contributed by atoms with van der Waals surface area (Å²) in [7, 11) is 0. The summed E-state index contributed by atoms with van der Waals surface area (Å²) in [6, 6.07) is 0.332. The third kappa shape index (κ3) is 2.22. The van der Waals surface area contributed by atoms with Crippen LogP contribution < -0.4 is 5.32 Å². The molecule has 7 nitrogen and oxygen atoms in total. The number of aromatic amines is 1. The molecule has 114 valence electrons. The van der Waals surface area contributed by atoms with Gasteiger partial charge in [-0.3, -0.25) is 9.78 Å². The molecule has 0 unspecified atom stereocenters. The van der Waals surface area contributed by atoms with Crippen molar-refractivity contribution in [2.75, 3.05) is 5.32 Å². The fourth-order valence-corrected chi connectivity index (χ4v) is 2.62. The van der Waals surface area contributed by atoms with Crippen LogP contribution in [0, 0.1) is 0 Å². The molecule has 0 aromatic carbocycles. The Labute approximate surface area is 128 Å². The number of hydrogen-bond donors (Lipinski definition) is 2. The van der Waals surface area contributed by atoms with E-state index in [2.05, 4.69) is 39.4 Å². The van der Waals surface area contributed by atoms with Crippen LogP contribution in [0.5, 0.6) is 0 Å². The Hall–Kier alpha value is -2.44. The third-order valence-corrected chi connectivity index (χ3v) is 4.18. The van der Waals surface area contributed by atoms with Gasteiger partial charge >= 0.3 is 0 Å². The van der Waals surface area contributed by atoms with Crippen LogP contribution >= 0.6 is 0 Å². The predicted octanol–water partition coefficient (Wildman–Crippen LogP) is 3.14. The van der Waals surface area contributed by atoms with Crippen molar-refractivity contribution in [3.8, 4) is 0 Å². The molecule has 0 amide bonds. The smallest absolute Gasteiger partial charge is 0.160 e. The van der Waals surface area contributed by atoms with Gasteiger partial charge < -0.3 is 5.32 Å². The molecule has 0 saturated heterocycles. The number of hydrogen-bond acceptors (Lipinski definition) is 5. The van der Waals surface area contributed by atoms with Crippen molar-refractivity contribution in [2.45, 2.75) is 45.1 Å². The Kier molecular flexibility index (Phi) is 3.06. The van der Waals surface area contributed by atoms with Crippen LogP contribution in [0.1, 0.15) is 50.9 Å². The third-order valence-electron chi connectivity index (χ3n) is 4.18. The van der Waals surface area contributed by atoms with Crippen molar-refractivity contribution in [2.24, 2.45) is 0 Å². The molecule has 0 atom stereocenters. The van der Waals surface area contributed by atoms with Gasteiger partial charge in [0.25, 0.3) is 0 Å². The Morgan fingerprint density at radius 3 is 2.82 bits per heavy atom. The minimum atomic E-state index is 0.332. The van der Waals surface area contributed by atoms with Crippen molar-refractivity contribution in [1.82, 2.24) is 29.9 Å². The van der Waals surface area contributed by atoms with Gasteiger partial charge in [-0.25, -0.2) is 9.97 Å². The number of rotatable bonds is 4. The summed E-state index contributed by atoms with van der Waals surface area (Å²) in [5.41, 5.74) is 2.61. The first-order valence-corrected chi connectivity index (χ1v) is 7.73. The van der Waals surface area contributed by atoms with Crippen LogP contribution in [0.3, 0.4) is 0 Å². The Balaban J connectivity index is 1.70. The number of fused-ring (bicyclic) bond motifs is 1. The molecule has 4 rings (SSSR count). The van der Waals surface area contributed by atoms with E-state index in [4.69, 9.17) is 4.98 Å². The van der Waals surface area contributed by atoms with E-state index in [0.717, 1.165) is 28.4 Å². The molecule has 0 radical (unpaired) electrons. The first kappa shape index (κ1) is 13.2. The van der Waals surface area contributed by atoms with Gasteiger partial charge in [0.1, 0.15) is 16.9 Å². The van der Waals surface area contributed by atoms with E-state index in [1.54, 1.807) is 6.20 Å². The summed E-state index contributed by atoms with van der Waals surface area (Å²) in [5, 5.41) is 14.8. The molecule has 0 bridgehead atoms. The normalized spacial score (nSPS) is 15.4. The molecule has 1 fully saturated rings. The molecular weight excluding hydrogens is 278 g/mol. The van der Waals surface area contributed by atoms with E-state index in [0.29, 0.717) is 12.0 Å². The molecule has 0 spiro atoms. The Bertz CT molecular complexity index is 797. The van der Waals surface area contributed by atoms with Crippen molar-refractivity contribution < 1.29 is 0 Å². The lowest BCUT2D eigenvalue weighted by atomic mass is 9.85. The monoisotopic (exact) mass is 297 g/mol. The maximum absolute atomic E-state index is 4.71. The van der Waals surface area contributed by atoms with Gasteiger partial charge in [0, 0.05) is 18.2 Å². The predicted molar refractivity (Wildman–Crippen MR) is 84.2 cm³/mol. The standard InChI is InChI=1S/C15H19N7/c1-9(2)22-8-11(6-17-22)18-15-13-12(7-16-21-13)19-14(20-15)10-4-3-5-10/h6-10H,3-5H2,1-2H3,(H,16,21)(H,18,19,20). The van der Waals surface area contributed by atoms with Gasteiger partial charge in [-0.15, -0.1) is 0 Å². The lowest BCUT2D eigenvalue weighted by Gasteiger charge is -2.24.